The van der Waals surface area contributed by atoms with Crippen LogP contribution in [0.5, 0.6) is 0 Å². The third-order valence-electron chi connectivity index (χ3n) is 6.27. The molecule has 0 amide bonds. The smallest absolute Gasteiger partial charge is 0.461 e. The minimum atomic E-state index is -6.08. The van der Waals surface area contributed by atoms with Gasteiger partial charge in [0.2, 0.25) is 0 Å². The Bertz CT molecular complexity index is 778. The van der Waals surface area contributed by atoms with E-state index in [1.54, 1.807) is 0 Å². The number of hydrogen-bond acceptors (Lipinski definition) is 5. The zero-order valence-corrected chi connectivity index (χ0v) is 18.9. The van der Waals surface area contributed by atoms with E-state index in [-0.39, 0.29) is 6.42 Å². The highest BCUT2D eigenvalue weighted by Gasteiger charge is 2.80. The Balaban J connectivity index is 2.32. The van der Waals surface area contributed by atoms with Crippen LogP contribution in [0.4, 0.5) is 44.3 Å². The summed E-state index contributed by atoms with van der Waals surface area (Å²) in [6, 6.07) is 0. The molecular weight excluding hydrogens is 491 g/mol. The third kappa shape index (κ3) is 5.05. The van der Waals surface area contributed by atoms with Crippen LogP contribution in [0.25, 0.3) is 0 Å². The van der Waals surface area contributed by atoms with Crippen LogP contribution in [0.2, 0.25) is 0 Å². The van der Waals surface area contributed by atoms with Crippen LogP contribution in [-0.4, -0.2) is 48.0 Å². The molecule has 0 N–H and O–H groups in total. The Kier molecular flexibility index (Phi) is 6.96. The van der Waals surface area contributed by atoms with E-state index in [0.29, 0.717) is 13.8 Å². The number of fused-ring (bicyclic) bond motifs is 2. The van der Waals surface area contributed by atoms with Crippen molar-refractivity contribution in [2.24, 2.45) is 23.2 Å². The van der Waals surface area contributed by atoms with Crippen LogP contribution in [-0.2, 0) is 19.0 Å². The molecule has 5 nitrogen and oxygen atoms in total. The molecule has 198 valence electrons. The number of hydrogen-bond donors (Lipinski definition) is 0. The Morgan fingerprint density at radius 1 is 0.676 bits per heavy atom. The summed E-state index contributed by atoms with van der Waals surface area (Å²) in [5, 5.41) is 0. The predicted octanol–water partition coefficient (Wildman–Crippen LogP) is 6.35. The van der Waals surface area contributed by atoms with Crippen molar-refractivity contribution in [2.75, 3.05) is 0 Å². The highest BCUT2D eigenvalue weighted by molar-refractivity contribution is 5.77. The molecule has 0 heterocycles. The average Bonchev–Trinajstić information content (AvgIpc) is 3.14. The van der Waals surface area contributed by atoms with Gasteiger partial charge >= 0.3 is 36.3 Å². The molecule has 2 saturated carbocycles. The monoisotopic (exact) mass is 516 g/mol. The molecule has 0 spiro atoms. The van der Waals surface area contributed by atoms with Crippen LogP contribution in [0.3, 0.4) is 0 Å². The lowest BCUT2D eigenvalue weighted by atomic mass is 9.74. The number of esters is 1. The molecule has 4 unspecified atom stereocenters. The largest absolute Gasteiger partial charge is 0.510 e. The first kappa shape index (κ1) is 28.3. The minimum Gasteiger partial charge on any atom is -0.461 e. The molecule has 34 heavy (non-hydrogen) atoms. The fourth-order valence-electron chi connectivity index (χ4n) is 4.44. The summed E-state index contributed by atoms with van der Waals surface area (Å²) in [6.07, 6.45) is -22.3. The van der Waals surface area contributed by atoms with Gasteiger partial charge in [-0.25, -0.2) is 4.79 Å². The molecule has 2 fully saturated rings. The van der Waals surface area contributed by atoms with E-state index in [9.17, 15) is 49.1 Å². The fourth-order valence-corrected chi connectivity index (χ4v) is 4.44. The molecule has 2 aliphatic carbocycles. The average molecular weight is 516 g/mol. The summed E-state index contributed by atoms with van der Waals surface area (Å²) in [6.45, 7) is 4.76. The molecule has 0 aromatic carbocycles. The first-order valence-corrected chi connectivity index (χ1v) is 10.3. The number of rotatable bonds is 4. The second-order valence-corrected chi connectivity index (χ2v) is 10.2. The maximum atomic E-state index is 14.0. The Labute approximate surface area is 189 Å². The second kappa shape index (κ2) is 8.35. The van der Waals surface area contributed by atoms with Crippen LogP contribution in [0.15, 0.2) is 0 Å². The molecule has 0 aromatic rings. The van der Waals surface area contributed by atoms with Gasteiger partial charge in [0, 0.05) is 5.92 Å². The van der Waals surface area contributed by atoms with Crippen molar-refractivity contribution in [1.82, 2.24) is 0 Å². The van der Waals surface area contributed by atoms with Crippen molar-refractivity contribution < 1.29 is 63.3 Å². The number of carbonyl (C=O) groups excluding carboxylic acids is 2. The van der Waals surface area contributed by atoms with Crippen LogP contribution in [0.1, 0.15) is 53.9 Å². The van der Waals surface area contributed by atoms with Gasteiger partial charge in [-0.05, 0) is 65.7 Å². The molecule has 2 aliphatic rings. The summed E-state index contributed by atoms with van der Waals surface area (Å²) < 4.78 is 136. The molecule has 2 bridgehead atoms. The Hall–Kier alpha value is -1.89. The van der Waals surface area contributed by atoms with E-state index in [0.717, 1.165) is 0 Å². The normalized spacial score (nSPS) is 26.4. The lowest BCUT2D eigenvalue weighted by Gasteiger charge is -2.44. The van der Waals surface area contributed by atoms with Crippen molar-refractivity contribution >= 4 is 12.1 Å². The quantitative estimate of drug-likeness (QED) is 0.322. The highest BCUT2D eigenvalue weighted by atomic mass is 19.4. The molecule has 0 saturated heterocycles. The van der Waals surface area contributed by atoms with Gasteiger partial charge in [-0.3, -0.25) is 4.79 Å². The molecular formula is C20H25F9O5. The Morgan fingerprint density at radius 3 is 1.53 bits per heavy atom. The topological polar surface area (TPSA) is 61.8 Å². The van der Waals surface area contributed by atoms with Gasteiger partial charge in [-0.15, -0.1) is 0 Å². The van der Waals surface area contributed by atoms with Gasteiger partial charge in [0.05, 0.1) is 0 Å². The van der Waals surface area contributed by atoms with E-state index in [2.05, 4.69) is 9.47 Å². The van der Waals surface area contributed by atoms with E-state index in [1.807, 2.05) is 0 Å². The summed E-state index contributed by atoms with van der Waals surface area (Å²) in [7, 11) is 0. The number of carbonyl (C=O) groups is 2. The van der Waals surface area contributed by atoms with Crippen LogP contribution in [0, 0.1) is 23.2 Å². The van der Waals surface area contributed by atoms with Crippen LogP contribution < -0.4 is 0 Å². The number of alkyl halides is 9. The summed E-state index contributed by atoms with van der Waals surface area (Å²) in [5.74, 6) is -6.44. The number of ether oxygens (including phenoxy) is 3. The Morgan fingerprint density at radius 2 is 1.18 bits per heavy atom. The highest BCUT2D eigenvalue weighted by Crippen LogP contribution is 2.62. The van der Waals surface area contributed by atoms with Gasteiger partial charge in [-0.1, -0.05) is 0 Å². The zero-order chi connectivity index (χ0) is 26.7. The molecule has 14 heteroatoms. The van der Waals surface area contributed by atoms with E-state index < -0.39 is 84.0 Å². The van der Waals surface area contributed by atoms with Gasteiger partial charge < -0.3 is 14.2 Å². The van der Waals surface area contributed by atoms with Gasteiger partial charge in [0.25, 0.3) is 0 Å². The van der Waals surface area contributed by atoms with E-state index in [1.165, 1.54) is 20.8 Å². The molecule has 0 radical (unpaired) electrons. The van der Waals surface area contributed by atoms with Crippen molar-refractivity contribution in [3.8, 4) is 0 Å². The van der Waals surface area contributed by atoms with Gasteiger partial charge in [-0.2, -0.15) is 39.5 Å². The maximum absolute atomic E-state index is 14.0. The van der Waals surface area contributed by atoms with Crippen molar-refractivity contribution in [3.63, 3.8) is 0 Å². The zero-order valence-electron chi connectivity index (χ0n) is 18.9. The maximum Gasteiger partial charge on any atom is 0.510 e. The van der Waals surface area contributed by atoms with Gasteiger partial charge in [0.15, 0.2) is 5.41 Å². The first-order valence-electron chi connectivity index (χ1n) is 10.3. The lowest BCUT2D eigenvalue weighted by molar-refractivity contribution is -0.390. The third-order valence-corrected chi connectivity index (χ3v) is 6.27. The first-order chi connectivity index (χ1) is 14.9. The second-order valence-electron chi connectivity index (χ2n) is 10.2. The van der Waals surface area contributed by atoms with Crippen molar-refractivity contribution in [3.05, 3.63) is 0 Å². The standard InChI is InChI=1S/C20H25F9O5/c1-15(2,3)33-14(31)34-17(19(24,25)26,20(27,28)29)11-7-10-6-9(11)8-12(10)32-13(30)16(4,5)18(21,22)23/h9-12H,6-8H2,1-5H3. The SMILES string of the molecule is CC(C)(C)OC(=O)OC(C1CC2CC1CC2OC(=O)C(C)(C)C(F)(F)F)(C(F)(F)F)C(F)(F)F. The molecule has 4 atom stereocenters. The van der Waals surface area contributed by atoms with Crippen molar-refractivity contribution in [2.45, 2.75) is 89.7 Å². The molecule has 0 aliphatic heterocycles. The fraction of sp³-hybridized carbons (Fsp3) is 0.900. The van der Waals surface area contributed by atoms with E-state index in [4.69, 9.17) is 4.74 Å². The predicted molar refractivity (Wildman–Crippen MR) is 96.2 cm³/mol. The van der Waals surface area contributed by atoms with E-state index >= 15 is 0 Å². The van der Waals surface area contributed by atoms with Crippen LogP contribution >= 0.6 is 0 Å². The summed E-state index contributed by atoms with van der Waals surface area (Å²) >= 11 is 0. The lowest BCUT2D eigenvalue weighted by Crippen LogP contribution is -2.65. The van der Waals surface area contributed by atoms with Gasteiger partial charge in [0.1, 0.15) is 11.7 Å². The molecule has 2 rings (SSSR count). The molecule has 0 aromatic heterocycles. The summed E-state index contributed by atoms with van der Waals surface area (Å²) in [5.41, 5.74) is -9.27. The van der Waals surface area contributed by atoms with Crippen molar-refractivity contribution in [1.29, 1.82) is 0 Å². The minimum absolute atomic E-state index is 0.277. The number of halogens is 9. The summed E-state index contributed by atoms with van der Waals surface area (Å²) in [4.78, 5) is 24.0.